The quantitative estimate of drug-likeness (QED) is 0.861. The Morgan fingerprint density at radius 1 is 1.29 bits per heavy atom. The third kappa shape index (κ3) is 4.24. The van der Waals surface area contributed by atoms with Crippen molar-refractivity contribution in [2.24, 2.45) is 11.8 Å². The second kappa shape index (κ2) is 7.94. The summed E-state index contributed by atoms with van der Waals surface area (Å²) in [5.74, 6) is 0.0789. The predicted octanol–water partition coefficient (Wildman–Crippen LogP) is 1.89. The van der Waals surface area contributed by atoms with E-state index in [1.54, 1.807) is 12.1 Å². The molecule has 0 radical (unpaired) electrons. The van der Waals surface area contributed by atoms with Crippen LogP contribution in [0.2, 0.25) is 0 Å². The van der Waals surface area contributed by atoms with Crippen molar-refractivity contribution in [1.82, 2.24) is 5.32 Å². The van der Waals surface area contributed by atoms with E-state index in [2.05, 4.69) is 5.32 Å². The Kier molecular flexibility index (Phi) is 5.68. The zero-order valence-electron chi connectivity index (χ0n) is 13.6. The van der Waals surface area contributed by atoms with Crippen molar-refractivity contribution in [2.45, 2.75) is 37.9 Å². The molecule has 2 aliphatic rings. The van der Waals surface area contributed by atoms with Crippen molar-refractivity contribution in [1.29, 1.82) is 0 Å². The van der Waals surface area contributed by atoms with Crippen LogP contribution < -0.4 is 10.1 Å². The lowest BCUT2D eigenvalue weighted by Crippen LogP contribution is -2.40. The lowest BCUT2D eigenvalue weighted by Gasteiger charge is -2.24. The summed E-state index contributed by atoms with van der Waals surface area (Å²) in [6, 6.07) is 5.92. The maximum atomic E-state index is 13.2. The first-order chi connectivity index (χ1) is 11.6. The van der Waals surface area contributed by atoms with Gasteiger partial charge in [-0.15, -0.1) is 0 Å². The van der Waals surface area contributed by atoms with Gasteiger partial charge in [-0.2, -0.15) is 0 Å². The van der Waals surface area contributed by atoms with Crippen LogP contribution in [-0.2, 0) is 9.53 Å². The zero-order chi connectivity index (χ0) is 16.9. The Hall–Kier alpha value is -1.66. The SMILES string of the molecule is O=C(NC[C@H]1CC[C@@H](Oc2cccc(F)c2)[C@@H]1O)C1CCOCC1. The molecular formula is C18H24FNO4. The summed E-state index contributed by atoms with van der Waals surface area (Å²) in [4.78, 5) is 12.2. The molecule has 0 aromatic heterocycles. The maximum Gasteiger partial charge on any atom is 0.223 e. The third-order valence-electron chi connectivity index (χ3n) is 4.90. The van der Waals surface area contributed by atoms with Gasteiger partial charge >= 0.3 is 0 Å². The van der Waals surface area contributed by atoms with Crippen LogP contribution in [0.25, 0.3) is 0 Å². The molecule has 1 aromatic carbocycles. The van der Waals surface area contributed by atoms with Gasteiger partial charge in [-0.3, -0.25) is 4.79 Å². The second-order valence-electron chi connectivity index (χ2n) is 6.57. The Balaban J connectivity index is 1.47. The topological polar surface area (TPSA) is 67.8 Å². The van der Waals surface area contributed by atoms with E-state index >= 15 is 0 Å². The fraction of sp³-hybridized carbons (Fsp3) is 0.611. The molecule has 0 bridgehead atoms. The number of halogens is 1. The average Bonchev–Trinajstić information content (AvgIpc) is 2.94. The summed E-state index contributed by atoms with van der Waals surface area (Å²) in [6.07, 6.45) is 1.94. The minimum Gasteiger partial charge on any atom is -0.488 e. The monoisotopic (exact) mass is 337 g/mol. The first-order valence-corrected chi connectivity index (χ1v) is 8.59. The Morgan fingerprint density at radius 3 is 2.83 bits per heavy atom. The molecule has 132 valence electrons. The van der Waals surface area contributed by atoms with Crippen LogP contribution in [0.5, 0.6) is 5.75 Å². The lowest BCUT2D eigenvalue weighted by molar-refractivity contribution is -0.128. The summed E-state index contributed by atoms with van der Waals surface area (Å²) in [5, 5.41) is 13.4. The average molecular weight is 337 g/mol. The van der Waals surface area contributed by atoms with Gasteiger partial charge in [-0.1, -0.05) is 6.07 Å². The number of hydrogen-bond acceptors (Lipinski definition) is 4. The first kappa shape index (κ1) is 17.2. The first-order valence-electron chi connectivity index (χ1n) is 8.59. The molecule has 1 heterocycles. The number of nitrogens with one attached hydrogen (secondary N) is 1. The number of carbonyl (C=O) groups is 1. The molecular weight excluding hydrogens is 313 g/mol. The standard InChI is InChI=1S/C18H24FNO4/c19-14-2-1-3-15(10-14)24-16-5-4-13(17(16)21)11-20-18(22)12-6-8-23-9-7-12/h1-3,10,12-13,16-17,21H,4-9,11H2,(H,20,22)/t13-,16-,17-/m1/s1. The number of hydrogen-bond donors (Lipinski definition) is 2. The van der Waals surface area contributed by atoms with Gasteiger partial charge in [0.15, 0.2) is 0 Å². The van der Waals surface area contributed by atoms with Crippen molar-refractivity contribution in [2.75, 3.05) is 19.8 Å². The van der Waals surface area contributed by atoms with Crippen LogP contribution in [-0.4, -0.2) is 43.0 Å². The number of ether oxygens (including phenoxy) is 2. The van der Waals surface area contributed by atoms with Crippen LogP contribution in [0.4, 0.5) is 4.39 Å². The number of aliphatic hydroxyl groups is 1. The highest BCUT2D eigenvalue weighted by molar-refractivity contribution is 5.78. The van der Waals surface area contributed by atoms with Crippen molar-refractivity contribution in [3.63, 3.8) is 0 Å². The van der Waals surface area contributed by atoms with Crippen LogP contribution in [0.15, 0.2) is 24.3 Å². The molecule has 1 aliphatic carbocycles. The molecule has 1 aromatic rings. The lowest BCUT2D eigenvalue weighted by atomic mass is 9.98. The Morgan fingerprint density at radius 2 is 2.08 bits per heavy atom. The summed E-state index contributed by atoms with van der Waals surface area (Å²) in [5.41, 5.74) is 0. The van der Waals surface area contributed by atoms with E-state index in [9.17, 15) is 14.3 Å². The van der Waals surface area contributed by atoms with E-state index < -0.39 is 6.10 Å². The van der Waals surface area contributed by atoms with Gasteiger partial charge in [-0.05, 0) is 37.8 Å². The van der Waals surface area contributed by atoms with Crippen molar-refractivity contribution in [3.05, 3.63) is 30.1 Å². The Bertz CT molecular complexity index is 562. The van der Waals surface area contributed by atoms with Crippen LogP contribution in [0, 0.1) is 17.7 Å². The van der Waals surface area contributed by atoms with E-state index in [0.29, 0.717) is 31.9 Å². The number of aliphatic hydroxyl groups excluding tert-OH is 1. The Labute approximate surface area is 141 Å². The highest BCUT2D eigenvalue weighted by Gasteiger charge is 2.36. The number of rotatable bonds is 5. The smallest absolute Gasteiger partial charge is 0.223 e. The minimum absolute atomic E-state index is 0.0108. The van der Waals surface area contributed by atoms with Crippen molar-refractivity contribution < 1.29 is 23.8 Å². The predicted molar refractivity (Wildman–Crippen MR) is 86.1 cm³/mol. The highest BCUT2D eigenvalue weighted by atomic mass is 19.1. The van der Waals surface area contributed by atoms with Crippen molar-refractivity contribution >= 4 is 5.91 Å². The van der Waals surface area contributed by atoms with E-state index in [1.807, 2.05) is 0 Å². The molecule has 0 spiro atoms. The zero-order valence-corrected chi connectivity index (χ0v) is 13.6. The molecule has 3 atom stereocenters. The largest absolute Gasteiger partial charge is 0.488 e. The third-order valence-corrected chi connectivity index (χ3v) is 4.90. The summed E-state index contributed by atoms with van der Waals surface area (Å²) in [7, 11) is 0. The molecule has 1 aliphatic heterocycles. The van der Waals surface area contributed by atoms with Gasteiger partial charge in [0.2, 0.25) is 5.91 Å². The van der Waals surface area contributed by atoms with Gasteiger partial charge in [-0.25, -0.2) is 4.39 Å². The van der Waals surface area contributed by atoms with Crippen molar-refractivity contribution in [3.8, 4) is 5.75 Å². The van der Waals surface area contributed by atoms with Gasteiger partial charge in [0.05, 0.1) is 6.10 Å². The molecule has 24 heavy (non-hydrogen) atoms. The van der Waals surface area contributed by atoms with Gasteiger partial charge < -0.3 is 19.9 Å². The molecule has 2 N–H and O–H groups in total. The normalized spacial score (nSPS) is 27.8. The fourth-order valence-electron chi connectivity index (χ4n) is 3.43. The van der Waals surface area contributed by atoms with E-state index in [1.165, 1.54) is 12.1 Å². The molecule has 1 saturated carbocycles. The second-order valence-corrected chi connectivity index (χ2v) is 6.57. The summed E-state index contributed by atoms with van der Waals surface area (Å²) >= 11 is 0. The highest BCUT2D eigenvalue weighted by Crippen LogP contribution is 2.30. The summed E-state index contributed by atoms with van der Waals surface area (Å²) < 4.78 is 24.2. The minimum atomic E-state index is -0.664. The van der Waals surface area contributed by atoms with Gasteiger partial charge in [0.1, 0.15) is 17.7 Å². The number of benzene rings is 1. The molecule has 2 fully saturated rings. The van der Waals surface area contributed by atoms with Gasteiger partial charge in [0.25, 0.3) is 0 Å². The van der Waals surface area contributed by atoms with E-state index in [4.69, 9.17) is 9.47 Å². The molecule has 0 unspecified atom stereocenters. The van der Waals surface area contributed by atoms with Crippen LogP contribution in [0.1, 0.15) is 25.7 Å². The molecule has 3 rings (SSSR count). The maximum absolute atomic E-state index is 13.2. The molecule has 1 amide bonds. The molecule has 5 nitrogen and oxygen atoms in total. The summed E-state index contributed by atoms with van der Waals surface area (Å²) in [6.45, 7) is 1.71. The van der Waals surface area contributed by atoms with E-state index in [0.717, 1.165) is 19.3 Å². The van der Waals surface area contributed by atoms with Crippen LogP contribution in [0.3, 0.4) is 0 Å². The van der Waals surface area contributed by atoms with E-state index in [-0.39, 0.29) is 29.7 Å². The number of amides is 1. The molecule has 1 saturated heterocycles. The van der Waals surface area contributed by atoms with Crippen LogP contribution >= 0.6 is 0 Å². The fourth-order valence-corrected chi connectivity index (χ4v) is 3.43. The molecule has 6 heteroatoms. The van der Waals surface area contributed by atoms with Gasteiger partial charge in [0, 0.05) is 37.7 Å². The number of carbonyl (C=O) groups excluding carboxylic acids is 1.